The fraction of sp³-hybridized carbons (Fsp3) is 0.281. The topological polar surface area (TPSA) is 78.5 Å². The smallest absolute Gasteiger partial charge is 0.256 e. The van der Waals surface area contributed by atoms with Gasteiger partial charge in [-0.05, 0) is 62.6 Å². The van der Waals surface area contributed by atoms with E-state index in [0.717, 1.165) is 35.7 Å². The standard InChI is InChI=1S/C32H32BrN3O3/c1-20-12-14-22(15-13-20)29(31(38)34-24-8-4-3-5-9-24)36(25-18-16-23(33)17-19-25)32(39)21(2)28-26-10-6-7-11-27(26)35-30(28)37/h6-7,10-19,24,29H,3-5,8-9H2,1-2H3,(H,34,38)(H,35,37). The molecule has 2 aliphatic rings. The molecule has 39 heavy (non-hydrogen) atoms. The van der Waals surface area contributed by atoms with E-state index in [0.29, 0.717) is 28.1 Å². The summed E-state index contributed by atoms with van der Waals surface area (Å²) < 4.78 is 0.858. The molecule has 1 fully saturated rings. The highest BCUT2D eigenvalue weighted by atomic mass is 79.9. The van der Waals surface area contributed by atoms with E-state index in [1.807, 2.05) is 79.7 Å². The second kappa shape index (κ2) is 11.6. The van der Waals surface area contributed by atoms with Crippen LogP contribution >= 0.6 is 15.9 Å². The first-order valence-electron chi connectivity index (χ1n) is 13.4. The van der Waals surface area contributed by atoms with Gasteiger partial charge in [-0.2, -0.15) is 0 Å². The van der Waals surface area contributed by atoms with Gasteiger partial charge in [-0.25, -0.2) is 0 Å². The Labute approximate surface area is 237 Å². The summed E-state index contributed by atoms with van der Waals surface area (Å²) in [6.45, 7) is 3.65. The Balaban J connectivity index is 1.63. The molecule has 1 saturated carbocycles. The van der Waals surface area contributed by atoms with Gasteiger partial charge in [0.1, 0.15) is 6.04 Å². The SMILES string of the molecule is CC(C(=O)N(c1ccc(Br)cc1)C(C(=O)NC1CCCCC1)c1ccc(C)cc1)=C1C(=O)Nc2ccccc21. The monoisotopic (exact) mass is 585 g/mol. The lowest BCUT2D eigenvalue weighted by atomic mass is 9.94. The van der Waals surface area contributed by atoms with Gasteiger partial charge >= 0.3 is 0 Å². The van der Waals surface area contributed by atoms with E-state index in [-0.39, 0.29) is 23.4 Å². The van der Waals surface area contributed by atoms with E-state index in [9.17, 15) is 14.4 Å². The van der Waals surface area contributed by atoms with Crippen molar-refractivity contribution >= 4 is 50.6 Å². The number of para-hydroxylation sites is 1. The highest BCUT2D eigenvalue weighted by molar-refractivity contribution is 9.10. The number of carbonyl (C=O) groups excluding carboxylic acids is 3. The number of anilines is 2. The van der Waals surface area contributed by atoms with Crippen LogP contribution in [0.15, 0.2) is 82.8 Å². The van der Waals surface area contributed by atoms with Crippen molar-refractivity contribution in [1.29, 1.82) is 0 Å². The van der Waals surface area contributed by atoms with E-state index in [4.69, 9.17) is 0 Å². The number of carbonyl (C=O) groups is 3. The number of amides is 3. The summed E-state index contributed by atoms with van der Waals surface area (Å²) in [6, 6.07) is 21.5. The third-order valence-corrected chi connectivity index (χ3v) is 8.07. The minimum atomic E-state index is -0.920. The van der Waals surface area contributed by atoms with E-state index in [2.05, 4.69) is 26.6 Å². The molecule has 6 nitrogen and oxygen atoms in total. The van der Waals surface area contributed by atoms with Gasteiger partial charge in [0, 0.05) is 33.0 Å². The Bertz CT molecular complexity index is 1420. The number of benzene rings is 3. The van der Waals surface area contributed by atoms with Crippen LogP contribution < -0.4 is 15.5 Å². The first-order chi connectivity index (χ1) is 18.8. The van der Waals surface area contributed by atoms with Crippen molar-refractivity contribution in [3.05, 3.63) is 99.5 Å². The highest BCUT2D eigenvalue weighted by Crippen LogP contribution is 2.37. The number of fused-ring (bicyclic) bond motifs is 1. The lowest BCUT2D eigenvalue weighted by molar-refractivity contribution is -0.126. The van der Waals surface area contributed by atoms with E-state index in [1.54, 1.807) is 6.92 Å². The second-order valence-corrected chi connectivity index (χ2v) is 11.2. The fourth-order valence-corrected chi connectivity index (χ4v) is 5.72. The van der Waals surface area contributed by atoms with Crippen molar-refractivity contribution in [2.45, 2.75) is 58.0 Å². The molecule has 1 aliphatic heterocycles. The first-order valence-corrected chi connectivity index (χ1v) is 14.2. The molecule has 1 unspecified atom stereocenters. The molecular formula is C32H32BrN3O3. The molecule has 7 heteroatoms. The van der Waals surface area contributed by atoms with Crippen LogP contribution in [0.1, 0.15) is 61.8 Å². The number of hydrogen-bond donors (Lipinski definition) is 2. The molecule has 3 aromatic carbocycles. The summed E-state index contributed by atoms with van der Waals surface area (Å²) in [5.74, 6) is -0.948. The number of aryl methyl sites for hydroxylation is 1. The minimum absolute atomic E-state index is 0.0769. The third-order valence-electron chi connectivity index (χ3n) is 7.54. The van der Waals surface area contributed by atoms with Crippen molar-refractivity contribution in [3.8, 4) is 0 Å². The number of rotatable bonds is 6. The largest absolute Gasteiger partial charge is 0.351 e. The first kappa shape index (κ1) is 26.9. The zero-order chi connectivity index (χ0) is 27.5. The highest BCUT2D eigenvalue weighted by Gasteiger charge is 2.37. The van der Waals surface area contributed by atoms with E-state index < -0.39 is 11.9 Å². The summed E-state index contributed by atoms with van der Waals surface area (Å²) in [5, 5.41) is 6.10. The summed E-state index contributed by atoms with van der Waals surface area (Å²) in [7, 11) is 0. The van der Waals surface area contributed by atoms with Gasteiger partial charge in [0.25, 0.3) is 11.8 Å². The normalized spacial score (nSPS) is 17.2. The summed E-state index contributed by atoms with van der Waals surface area (Å²) >= 11 is 3.48. The molecule has 0 spiro atoms. The average Bonchev–Trinajstić information content (AvgIpc) is 3.28. The average molecular weight is 587 g/mol. The van der Waals surface area contributed by atoms with Crippen LogP contribution in [0.4, 0.5) is 11.4 Å². The molecule has 0 radical (unpaired) electrons. The van der Waals surface area contributed by atoms with Crippen LogP contribution in [0.3, 0.4) is 0 Å². The van der Waals surface area contributed by atoms with Crippen LogP contribution in [0.2, 0.25) is 0 Å². The van der Waals surface area contributed by atoms with Gasteiger partial charge in [0.05, 0.1) is 5.57 Å². The van der Waals surface area contributed by atoms with Crippen molar-refractivity contribution in [2.24, 2.45) is 0 Å². The molecule has 1 aliphatic carbocycles. The minimum Gasteiger partial charge on any atom is -0.351 e. The Morgan fingerprint density at radius 1 is 0.949 bits per heavy atom. The third kappa shape index (κ3) is 5.69. The maximum Gasteiger partial charge on any atom is 0.256 e. The van der Waals surface area contributed by atoms with Gasteiger partial charge in [0.2, 0.25) is 5.91 Å². The van der Waals surface area contributed by atoms with Gasteiger partial charge in [-0.15, -0.1) is 0 Å². The fourth-order valence-electron chi connectivity index (χ4n) is 5.46. The summed E-state index contributed by atoms with van der Waals surface area (Å²) in [6.07, 6.45) is 5.19. The van der Waals surface area contributed by atoms with Gasteiger partial charge < -0.3 is 10.6 Å². The van der Waals surface area contributed by atoms with Crippen LogP contribution in [0, 0.1) is 6.92 Å². The van der Waals surface area contributed by atoms with Gasteiger partial charge in [-0.3, -0.25) is 19.3 Å². The van der Waals surface area contributed by atoms with Crippen molar-refractivity contribution < 1.29 is 14.4 Å². The summed E-state index contributed by atoms with van der Waals surface area (Å²) in [5.41, 5.74) is 4.30. The van der Waals surface area contributed by atoms with Crippen LogP contribution in [0.25, 0.3) is 5.57 Å². The molecule has 1 heterocycles. The number of halogens is 1. The molecule has 0 bridgehead atoms. The van der Waals surface area contributed by atoms with Gasteiger partial charge in [-0.1, -0.05) is 83.2 Å². The quantitative estimate of drug-likeness (QED) is 0.316. The van der Waals surface area contributed by atoms with Crippen molar-refractivity contribution in [2.75, 3.05) is 10.2 Å². The summed E-state index contributed by atoms with van der Waals surface area (Å²) in [4.78, 5) is 43.1. The van der Waals surface area contributed by atoms with Crippen molar-refractivity contribution in [3.63, 3.8) is 0 Å². The molecule has 200 valence electrons. The van der Waals surface area contributed by atoms with E-state index in [1.165, 1.54) is 11.3 Å². The molecule has 0 saturated heterocycles. The Kier molecular flexibility index (Phi) is 7.98. The van der Waals surface area contributed by atoms with Crippen molar-refractivity contribution in [1.82, 2.24) is 5.32 Å². The van der Waals surface area contributed by atoms with Crippen LogP contribution in [-0.2, 0) is 14.4 Å². The maximum atomic E-state index is 14.4. The molecule has 2 N–H and O–H groups in total. The predicted molar refractivity (Wildman–Crippen MR) is 158 cm³/mol. The Hall–Kier alpha value is -3.71. The van der Waals surface area contributed by atoms with Gasteiger partial charge in [0.15, 0.2) is 0 Å². The molecule has 0 aromatic heterocycles. The molecule has 3 aromatic rings. The predicted octanol–water partition coefficient (Wildman–Crippen LogP) is 6.71. The Morgan fingerprint density at radius 3 is 2.31 bits per heavy atom. The number of hydrogen-bond acceptors (Lipinski definition) is 3. The van der Waals surface area contributed by atoms with E-state index >= 15 is 0 Å². The molecular weight excluding hydrogens is 554 g/mol. The lowest BCUT2D eigenvalue weighted by Gasteiger charge is -2.34. The zero-order valence-corrected chi connectivity index (χ0v) is 23.8. The second-order valence-electron chi connectivity index (χ2n) is 10.3. The van der Waals surface area contributed by atoms with Crippen LogP contribution in [-0.4, -0.2) is 23.8 Å². The zero-order valence-electron chi connectivity index (χ0n) is 22.2. The maximum absolute atomic E-state index is 14.4. The van der Waals surface area contributed by atoms with Crippen LogP contribution in [0.5, 0.6) is 0 Å². The molecule has 5 rings (SSSR count). The Morgan fingerprint density at radius 2 is 1.62 bits per heavy atom. The lowest BCUT2D eigenvalue weighted by Crippen LogP contribution is -2.47. The number of nitrogens with one attached hydrogen (secondary N) is 2. The number of nitrogens with zero attached hydrogens (tertiary/aromatic N) is 1. The molecule has 3 amide bonds. The molecule has 1 atom stereocenters.